The van der Waals surface area contributed by atoms with Gasteiger partial charge in [-0.15, -0.1) is 0 Å². The van der Waals surface area contributed by atoms with E-state index in [-0.39, 0.29) is 0 Å². The molecule has 0 atom stereocenters. The molecule has 1 heterocycles. The molecule has 0 aromatic heterocycles. The molecule has 0 N–H and O–H groups in total. The van der Waals surface area contributed by atoms with Gasteiger partial charge >= 0.3 is 0 Å². The first kappa shape index (κ1) is 11.0. The van der Waals surface area contributed by atoms with E-state index in [1.165, 1.54) is 22.4 Å². The third-order valence-electron chi connectivity index (χ3n) is 3.18. The zero-order valence-corrected chi connectivity index (χ0v) is 10.3. The Kier molecular flexibility index (Phi) is 3.14. The summed E-state index contributed by atoms with van der Waals surface area (Å²) in [5, 5.41) is 0. The first-order chi connectivity index (χ1) is 7.74. The van der Waals surface area contributed by atoms with E-state index in [1.54, 1.807) is 0 Å². The van der Waals surface area contributed by atoms with Crippen LogP contribution in [0.3, 0.4) is 0 Å². The Bertz CT molecular complexity index is 420. The molecule has 2 rings (SSSR count). The molecule has 0 spiro atoms. The lowest BCUT2D eigenvalue weighted by Crippen LogP contribution is -2.24. The topological polar surface area (TPSA) is 3.24 Å². The molecule has 0 aliphatic carbocycles. The van der Waals surface area contributed by atoms with Crippen molar-refractivity contribution < 1.29 is 0 Å². The highest BCUT2D eigenvalue weighted by molar-refractivity contribution is 5.71. The molecule has 1 aromatic rings. The highest BCUT2D eigenvalue weighted by atomic mass is 15.1. The van der Waals surface area contributed by atoms with Crippen molar-refractivity contribution in [3.05, 3.63) is 53.1 Å². The third-order valence-corrected chi connectivity index (χ3v) is 3.18. The van der Waals surface area contributed by atoms with Gasteiger partial charge in [-0.2, -0.15) is 0 Å². The van der Waals surface area contributed by atoms with Gasteiger partial charge in [-0.3, -0.25) is 0 Å². The summed E-state index contributed by atoms with van der Waals surface area (Å²) in [6.45, 7) is 8.67. The van der Waals surface area contributed by atoms with Gasteiger partial charge in [0.15, 0.2) is 0 Å². The van der Waals surface area contributed by atoms with Crippen LogP contribution < -0.4 is 0 Å². The fourth-order valence-electron chi connectivity index (χ4n) is 2.31. The molecule has 1 aliphatic rings. The van der Waals surface area contributed by atoms with Gasteiger partial charge in [0.2, 0.25) is 0 Å². The van der Waals surface area contributed by atoms with Crippen molar-refractivity contribution in [3.63, 3.8) is 0 Å². The van der Waals surface area contributed by atoms with Crippen molar-refractivity contribution >= 4 is 5.70 Å². The van der Waals surface area contributed by atoms with Gasteiger partial charge < -0.3 is 4.90 Å². The van der Waals surface area contributed by atoms with Gasteiger partial charge in [0.25, 0.3) is 0 Å². The van der Waals surface area contributed by atoms with E-state index in [2.05, 4.69) is 62.1 Å². The van der Waals surface area contributed by atoms with E-state index in [1.807, 2.05) is 0 Å². The van der Waals surface area contributed by atoms with Gasteiger partial charge in [0, 0.05) is 24.4 Å². The SMILES string of the molecule is CCN1CC=CC=C1c1c(C)cccc1C. The number of rotatable bonds is 2. The second kappa shape index (κ2) is 4.56. The van der Waals surface area contributed by atoms with Crippen LogP contribution in [0.25, 0.3) is 5.70 Å². The molecule has 0 saturated carbocycles. The normalized spacial score (nSPS) is 15.2. The van der Waals surface area contributed by atoms with Gasteiger partial charge in [-0.25, -0.2) is 0 Å². The summed E-state index contributed by atoms with van der Waals surface area (Å²) in [5.41, 5.74) is 5.48. The standard InChI is InChI=1S/C15H19N/c1-4-16-11-6-5-10-14(16)15-12(2)8-7-9-13(15)3/h5-10H,4,11H2,1-3H3. The maximum absolute atomic E-state index is 2.41. The minimum absolute atomic E-state index is 1.02. The highest BCUT2D eigenvalue weighted by Gasteiger charge is 2.14. The molecular weight excluding hydrogens is 194 g/mol. The summed E-state index contributed by atoms with van der Waals surface area (Å²) in [5.74, 6) is 0. The minimum atomic E-state index is 1.02. The summed E-state index contributed by atoms with van der Waals surface area (Å²) < 4.78 is 0. The molecule has 16 heavy (non-hydrogen) atoms. The predicted octanol–water partition coefficient (Wildman–Crippen LogP) is 3.54. The second-order valence-corrected chi connectivity index (χ2v) is 4.29. The lowest BCUT2D eigenvalue weighted by molar-refractivity contribution is 0.459. The van der Waals surface area contributed by atoms with Crippen molar-refractivity contribution in [1.82, 2.24) is 4.90 Å². The van der Waals surface area contributed by atoms with E-state index in [0.29, 0.717) is 0 Å². The monoisotopic (exact) mass is 213 g/mol. The zero-order chi connectivity index (χ0) is 11.5. The van der Waals surface area contributed by atoms with Crippen LogP contribution in [0.5, 0.6) is 0 Å². The number of hydrogen-bond donors (Lipinski definition) is 0. The first-order valence-electron chi connectivity index (χ1n) is 5.92. The number of benzene rings is 1. The van der Waals surface area contributed by atoms with E-state index < -0.39 is 0 Å². The van der Waals surface area contributed by atoms with Crippen LogP contribution in [0.1, 0.15) is 23.6 Å². The van der Waals surface area contributed by atoms with Crippen LogP contribution in [-0.2, 0) is 0 Å². The van der Waals surface area contributed by atoms with Crippen LogP contribution in [0.4, 0.5) is 0 Å². The third kappa shape index (κ3) is 1.90. The highest BCUT2D eigenvalue weighted by Crippen LogP contribution is 2.27. The quantitative estimate of drug-likeness (QED) is 0.726. The Labute approximate surface area is 98.1 Å². The van der Waals surface area contributed by atoms with Gasteiger partial charge in [0.05, 0.1) is 0 Å². The molecular formula is C15H19N. The Morgan fingerprint density at radius 1 is 1.19 bits per heavy atom. The number of nitrogens with zero attached hydrogens (tertiary/aromatic N) is 1. The second-order valence-electron chi connectivity index (χ2n) is 4.29. The minimum Gasteiger partial charge on any atom is -0.368 e. The molecule has 84 valence electrons. The molecule has 0 bridgehead atoms. The molecule has 1 heteroatoms. The Balaban J connectivity index is 2.50. The molecule has 0 fully saturated rings. The fourth-order valence-corrected chi connectivity index (χ4v) is 2.31. The van der Waals surface area contributed by atoms with Gasteiger partial charge in [-0.1, -0.05) is 30.4 Å². The average molecular weight is 213 g/mol. The smallest absolute Gasteiger partial charge is 0.0447 e. The molecule has 0 saturated heterocycles. The maximum atomic E-state index is 2.41. The Hall–Kier alpha value is -1.50. The molecule has 0 radical (unpaired) electrons. The predicted molar refractivity (Wildman–Crippen MR) is 70.3 cm³/mol. The van der Waals surface area contributed by atoms with Gasteiger partial charge in [-0.05, 0) is 38.0 Å². The molecule has 1 aromatic carbocycles. The lowest BCUT2D eigenvalue weighted by Gasteiger charge is -2.29. The summed E-state index contributed by atoms with van der Waals surface area (Å²) >= 11 is 0. The van der Waals surface area contributed by atoms with Crippen molar-refractivity contribution in [3.8, 4) is 0 Å². The number of likely N-dealkylation sites (N-methyl/N-ethyl adjacent to an activating group) is 1. The summed E-state index contributed by atoms with van der Waals surface area (Å²) in [7, 11) is 0. The van der Waals surface area contributed by atoms with Crippen molar-refractivity contribution in [2.24, 2.45) is 0 Å². The summed E-state index contributed by atoms with van der Waals surface area (Å²) in [6, 6.07) is 6.51. The van der Waals surface area contributed by atoms with Gasteiger partial charge in [0.1, 0.15) is 0 Å². The Morgan fingerprint density at radius 2 is 1.88 bits per heavy atom. The summed E-state index contributed by atoms with van der Waals surface area (Å²) in [6.07, 6.45) is 6.59. The van der Waals surface area contributed by atoms with Crippen molar-refractivity contribution in [1.29, 1.82) is 0 Å². The van der Waals surface area contributed by atoms with Crippen LogP contribution in [0.2, 0.25) is 0 Å². The Morgan fingerprint density at radius 3 is 2.50 bits per heavy atom. The number of allylic oxidation sites excluding steroid dienone is 2. The average Bonchev–Trinajstić information content (AvgIpc) is 2.29. The largest absolute Gasteiger partial charge is 0.368 e. The molecule has 1 nitrogen and oxygen atoms in total. The van der Waals surface area contributed by atoms with Crippen LogP contribution in [0.15, 0.2) is 36.4 Å². The summed E-state index contributed by atoms with van der Waals surface area (Å²) in [4.78, 5) is 2.41. The van der Waals surface area contributed by atoms with E-state index in [4.69, 9.17) is 0 Å². The van der Waals surface area contributed by atoms with Crippen LogP contribution >= 0.6 is 0 Å². The van der Waals surface area contributed by atoms with Crippen LogP contribution in [0, 0.1) is 13.8 Å². The zero-order valence-electron chi connectivity index (χ0n) is 10.3. The maximum Gasteiger partial charge on any atom is 0.0447 e. The van der Waals surface area contributed by atoms with Crippen LogP contribution in [-0.4, -0.2) is 18.0 Å². The first-order valence-corrected chi connectivity index (χ1v) is 5.92. The molecule has 0 unspecified atom stereocenters. The molecule has 0 amide bonds. The number of aryl methyl sites for hydroxylation is 2. The van der Waals surface area contributed by atoms with E-state index >= 15 is 0 Å². The molecule has 1 aliphatic heterocycles. The van der Waals surface area contributed by atoms with E-state index in [9.17, 15) is 0 Å². The number of hydrogen-bond acceptors (Lipinski definition) is 1. The van der Waals surface area contributed by atoms with Crippen molar-refractivity contribution in [2.45, 2.75) is 20.8 Å². The lowest BCUT2D eigenvalue weighted by atomic mass is 9.98. The fraction of sp³-hybridized carbons (Fsp3) is 0.333. The van der Waals surface area contributed by atoms with E-state index in [0.717, 1.165) is 13.1 Å². The van der Waals surface area contributed by atoms with Crippen molar-refractivity contribution in [2.75, 3.05) is 13.1 Å².